The molecule has 0 aliphatic heterocycles. The predicted molar refractivity (Wildman–Crippen MR) is 89.3 cm³/mol. The van der Waals surface area contributed by atoms with Gasteiger partial charge in [-0.2, -0.15) is 0 Å². The minimum absolute atomic E-state index is 0.179. The van der Waals surface area contributed by atoms with E-state index in [0.29, 0.717) is 16.9 Å². The number of hydrogen-bond acceptors (Lipinski definition) is 4. The van der Waals surface area contributed by atoms with Crippen molar-refractivity contribution in [2.75, 3.05) is 0 Å². The van der Waals surface area contributed by atoms with E-state index >= 15 is 0 Å². The minimum atomic E-state index is -0.501. The van der Waals surface area contributed by atoms with Gasteiger partial charge in [-0.15, -0.1) is 0 Å². The molecular weight excluding hydrogens is 292 g/mol. The lowest BCUT2D eigenvalue weighted by atomic mass is 10.1. The summed E-state index contributed by atoms with van der Waals surface area (Å²) in [6.45, 7) is 4.98. The van der Waals surface area contributed by atoms with Crippen molar-refractivity contribution in [2.24, 2.45) is 0 Å². The average Bonchev–Trinajstić information content (AvgIpc) is 2.54. The van der Waals surface area contributed by atoms with Gasteiger partial charge >= 0.3 is 5.97 Å². The van der Waals surface area contributed by atoms with Crippen molar-refractivity contribution < 1.29 is 13.9 Å². The Morgan fingerprint density at radius 3 is 2.57 bits per heavy atom. The number of benzene rings is 2. The molecule has 0 spiro atoms. The molecule has 1 heterocycles. The molecule has 1 aromatic heterocycles. The molecule has 0 bridgehead atoms. The first-order chi connectivity index (χ1) is 11.1. The monoisotopic (exact) mass is 306 g/mol. The Morgan fingerprint density at radius 1 is 1.17 bits per heavy atom. The first-order valence-corrected chi connectivity index (χ1v) is 7.06. The smallest absolute Gasteiger partial charge is 0.308 e. The molecular formula is C19H14O4. The van der Waals surface area contributed by atoms with Gasteiger partial charge in [-0.25, -0.2) is 0 Å². The molecule has 3 aromatic rings. The van der Waals surface area contributed by atoms with E-state index in [4.69, 9.17) is 9.15 Å². The van der Waals surface area contributed by atoms with E-state index in [0.717, 1.165) is 5.56 Å². The van der Waals surface area contributed by atoms with Crippen LogP contribution in [0.4, 0.5) is 0 Å². The Hall–Kier alpha value is -3.14. The Morgan fingerprint density at radius 2 is 1.91 bits per heavy atom. The van der Waals surface area contributed by atoms with Crippen LogP contribution in [-0.4, -0.2) is 5.97 Å². The zero-order chi connectivity index (χ0) is 16.4. The van der Waals surface area contributed by atoms with Crippen LogP contribution in [0.1, 0.15) is 12.5 Å². The Labute approximate surface area is 132 Å². The van der Waals surface area contributed by atoms with E-state index in [1.165, 1.54) is 13.0 Å². The van der Waals surface area contributed by atoms with Gasteiger partial charge in [0.1, 0.15) is 22.5 Å². The zero-order valence-corrected chi connectivity index (χ0v) is 12.5. The molecule has 0 aliphatic rings. The number of ether oxygens (including phenoxy) is 1. The van der Waals surface area contributed by atoms with Gasteiger partial charge in [0, 0.05) is 18.6 Å². The van der Waals surface area contributed by atoms with Gasteiger partial charge in [0.15, 0.2) is 5.43 Å². The second-order valence-corrected chi connectivity index (χ2v) is 5.03. The summed E-state index contributed by atoms with van der Waals surface area (Å²) in [5.74, 6) is 0.135. The summed E-state index contributed by atoms with van der Waals surface area (Å²) in [6, 6.07) is 14.0. The number of carbonyl (C=O) groups is 1. The molecule has 3 rings (SSSR count). The lowest BCUT2D eigenvalue weighted by Crippen LogP contribution is -2.07. The minimum Gasteiger partial charge on any atom is -0.456 e. The fraction of sp³-hybridized carbons (Fsp3) is 0.0526. The predicted octanol–water partition coefficient (Wildman–Crippen LogP) is 4.03. The lowest BCUT2D eigenvalue weighted by molar-refractivity contribution is -0.131. The highest BCUT2D eigenvalue weighted by molar-refractivity contribution is 5.89. The van der Waals surface area contributed by atoms with E-state index in [2.05, 4.69) is 6.58 Å². The molecule has 0 fully saturated rings. The van der Waals surface area contributed by atoms with Gasteiger partial charge in [-0.3, -0.25) is 9.59 Å². The van der Waals surface area contributed by atoms with Gasteiger partial charge in [-0.05, 0) is 17.7 Å². The van der Waals surface area contributed by atoms with E-state index in [-0.39, 0.29) is 16.6 Å². The highest BCUT2D eigenvalue weighted by atomic mass is 16.5. The normalized spacial score (nSPS) is 10.5. The van der Waals surface area contributed by atoms with Crippen LogP contribution < -0.4 is 10.2 Å². The Kier molecular flexibility index (Phi) is 3.81. The van der Waals surface area contributed by atoms with Crippen LogP contribution >= 0.6 is 0 Å². The van der Waals surface area contributed by atoms with Crippen molar-refractivity contribution >= 4 is 23.0 Å². The molecule has 114 valence electrons. The first-order valence-electron chi connectivity index (χ1n) is 7.06. The van der Waals surface area contributed by atoms with Crippen molar-refractivity contribution in [3.05, 3.63) is 70.9 Å². The van der Waals surface area contributed by atoms with Gasteiger partial charge in [0.25, 0.3) is 0 Å². The molecule has 2 aromatic carbocycles. The fourth-order valence-electron chi connectivity index (χ4n) is 2.37. The van der Waals surface area contributed by atoms with E-state index in [1.807, 2.05) is 30.3 Å². The summed E-state index contributed by atoms with van der Waals surface area (Å²) >= 11 is 0. The quantitative estimate of drug-likeness (QED) is 0.541. The third-order valence-electron chi connectivity index (χ3n) is 3.36. The molecule has 0 aliphatic carbocycles. The standard InChI is InChI=1S/C19H14O4/c1-3-13-9-17(22-12(2)20)19-15(21)11-16(23-18(19)10-13)14-7-5-4-6-8-14/h3-11H,1H2,2H3. The second-order valence-electron chi connectivity index (χ2n) is 5.03. The molecule has 0 amide bonds. The number of hydrogen-bond donors (Lipinski definition) is 0. The average molecular weight is 306 g/mol. The Bertz CT molecular complexity index is 952. The van der Waals surface area contributed by atoms with Crippen LogP contribution in [0.3, 0.4) is 0 Å². The maximum Gasteiger partial charge on any atom is 0.308 e. The number of carbonyl (C=O) groups excluding carboxylic acids is 1. The number of esters is 1. The molecule has 4 nitrogen and oxygen atoms in total. The first kappa shape index (κ1) is 14.8. The van der Waals surface area contributed by atoms with Crippen LogP contribution in [0.2, 0.25) is 0 Å². The van der Waals surface area contributed by atoms with E-state index in [1.54, 1.807) is 18.2 Å². The number of fused-ring (bicyclic) bond motifs is 1. The van der Waals surface area contributed by atoms with Gasteiger partial charge in [0.05, 0.1) is 0 Å². The molecule has 0 saturated heterocycles. The maximum atomic E-state index is 12.5. The molecule has 4 heteroatoms. The van der Waals surface area contributed by atoms with E-state index in [9.17, 15) is 9.59 Å². The molecule has 0 atom stereocenters. The molecule has 0 N–H and O–H groups in total. The van der Waals surface area contributed by atoms with Gasteiger partial charge < -0.3 is 9.15 Å². The number of rotatable bonds is 3. The summed E-state index contributed by atoms with van der Waals surface area (Å²) in [5.41, 5.74) is 1.58. The summed E-state index contributed by atoms with van der Waals surface area (Å²) in [4.78, 5) is 23.8. The van der Waals surface area contributed by atoms with Crippen molar-refractivity contribution in [2.45, 2.75) is 6.92 Å². The maximum absolute atomic E-state index is 12.5. The fourth-order valence-corrected chi connectivity index (χ4v) is 2.37. The van der Waals surface area contributed by atoms with Gasteiger partial charge in [0.2, 0.25) is 0 Å². The summed E-state index contributed by atoms with van der Waals surface area (Å²) in [7, 11) is 0. The van der Waals surface area contributed by atoms with Crippen molar-refractivity contribution in [1.82, 2.24) is 0 Å². The summed E-state index contributed by atoms with van der Waals surface area (Å²) < 4.78 is 11.0. The second kappa shape index (κ2) is 5.93. The summed E-state index contributed by atoms with van der Waals surface area (Å²) in [6.07, 6.45) is 1.60. The molecule has 0 radical (unpaired) electrons. The van der Waals surface area contributed by atoms with Crippen molar-refractivity contribution in [3.8, 4) is 17.1 Å². The largest absolute Gasteiger partial charge is 0.456 e. The third kappa shape index (κ3) is 2.92. The van der Waals surface area contributed by atoms with Crippen LogP contribution in [0, 0.1) is 0 Å². The topological polar surface area (TPSA) is 56.5 Å². The molecule has 0 unspecified atom stereocenters. The third-order valence-corrected chi connectivity index (χ3v) is 3.36. The highest BCUT2D eigenvalue weighted by Crippen LogP contribution is 2.29. The van der Waals surface area contributed by atoms with Gasteiger partial charge in [-0.1, -0.05) is 43.0 Å². The van der Waals surface area contributed by atoms with Crippen LogP contribution in [-0.2, 0) is 4.79 Å². The lowest BCUT2D eigenvalue weighted by Gasteiger charge is -2.08. The van der Waals surface area contributed by atoms with Crippen LogP contribution in [0.15, 0.2) is 64.3 Å². The highest BCUT2D eigenvalue weighted by Gasteiger charge is 2.14. The Balaban J connectivity index is 2.30. The molecule has 23 heavy (non-hydrogen) atoms. The SMILES string of the molecule is C=Cc1cc(OC(C)=O)c2c(=O)cc(-c3ccccc3)oc2c1. The van der Waals surface area contributed by atoms with Crippen molar-refractivity contribution in [3.63, 3.8) is 0 Å². The van der Waals surface area contributed by atoms with Crippen molar-refractivity contribution in [1.29, 1.82) is 0 Å². The zero-order valence-electron chi connectivity index (χ0n) is 12.5. The van der Waals surface area contributed by atoms with E-state index < -0.39 is 5.97 Å². The summed E-state index contributed by atoms with van der Waals surface area (Å²) in [5, 5.41) is 0.241. The van der Waals surface area contributed by atoms with Crippen LogP contribution in [0.5, 0.6) is 5.75 Å². The molecule has 0 saturated carbocycles. The van der Waals surface area contributed by atoms with Crippen LogP contribution in [0.25, 0.3) is 28.4 Å².